The summed E-state index contributed by atoms with van der Waals surface area (Å²) in [5.41, 5.74) is 4.74. The summed E-state index contributed by atoms with van der Waals surface area (Å²) in [5.74, 6) is -0.316. The lowest BCUT2D eigenvalue weighted by Crippen LogP contribution is -2.36. The van der Waals surface area contributed by atoms with Gasteiger partial charge in [0.2, 0.25) is 0 Å². The second-order valence-electron chi connectivity index (χ2n) is 6.95. The van der Waals surface area contributed by atoms with Gasteiger partial charge in [-0.15, -0.1) is 0 Å². The van der Waals surface area contributed by atoms with Gasteiger partial charge in [0.25, 0.3) is 0 Å². The average molecular weight is 342 g/mol. The summed E-state index contributed by atoms with van der Waals surface area (Å²) in [7, 11) is 0. The van der Waals surface area contributed by atoms with Crippen molar-refractivity contribution >= 4 is 0 Å². The van der Waals surface area contributed by atoms with E-state index in [0.29, 0.717) is 0 Å². The third-order valence-corrected chi connectivity index (χ3v) is 5.07. The minimum atomic E-state index is -0.316. The van der Waals surface area contributed by atoms with Crippen LogP contribution in [0, 0.1) is 6.92 Å². The van der Waals surface area contributed by atoms with E-state index in [1.165, 1.54) is 16.7 Å². The van der Waals surface area contributed by atoms with Crippen LogP contribution in [0.1, 0.15) is 17.5 Å². The van der Waals surface area contributed by atoms with Gasteiger partial charge < -0.3 is 14.8 Å². The molecule has 0 atom stereocenters. The monoisotopic (exact) mass is 342 g/mol. The standard InChI is InChI=1S/C19H26N4O2/c1-15-2-4-16(5-3-15)18-17(13-21-22-18)12-20-7-9-23-8-6-19(14-23)24-10-11-25-19/h2-5,13,20H,6-12,14H2,1H3,(H,21,22). The van der Waals surface area contributed by atoms with E-state index in [1.54, 1.807) is 0 Å². The third kappa shape index (κ3) is 3.77. The first kappa shape index (κ1) is 16.7. The summed E-state index contributed by atoms with van der Waals surface area (Å²) >= 11 is 0. The highest BCUT2D eigenvalue weighted by Crippen LogP contribution is 2.30. The second-order valence-corrected chi connectivity index (χ2v) is 6.95. The second kappa shape index (κ2) is 7.25. The molecule has 6 heteroatoms. The van der Waals surface area contributed by atoms with E-state index in [-0.39, 0.29) is 5.79 Å². The SMILES string of the molecule is Cc1ccc(-c2[nH]ncc2CNCCN2CCC3(C2)OCCO3)cc1. The zero-order valence-corrected chi connectivity index (χ0v) is 14.8. The van der Waals surface area contributed by atoms with Crippen molar-refractivity contribution in [2.45, 2.75) is 25.7 Å². The number of likely N-dealkylation sites (tertiary alicyclic amines) is 1. The van der Waals surface area contributed by atoms with Crippen molar-refractivity contribution < 1.29 is 9.47 Å². The fourth-order valence-electron chi connectivity index (χ4n) is 3.63. The normalized spacial score (nSPS) is 19.9. The summed E-state index contributed by atoms with van der Waals surface area (Å²) in [6, 6.07) is 8.53. The Labute approximate surface area is 148 Å². The number of hydrogen-bond donors (Lipinski definition) is 2. The van der Waals surface area contributed by atoms with Gasteiger partial charge in [0.15, 0.2) is 5.79 Å². The number of aromatic nitrogens is 2. The van der Waals surface area contributed by atoms with Gasteiger partial charge in [-0.1, -0.05) is 29.8 Å². The molecule has 2 aromatic rings. The van der Waals surface area contributed by atoms with Crippen LogP contribution in [0.15, 0.2) is 30.5 Å². The minimum absolute atomic E-state index is 0.316. The van der Waals surface area contributed by atoms with E-state index >= 15 is 0 Å². The number of nitrogens with zero attached hydrogens (tertiary/aromatic N) is 2. The Kier molecular flexibility index (Phi) is 4.85. The summed E-state index contributed by atoms with van der Waals surface area (Å²) in [4.78, 5) is 2.41. The molecule has 0 aliphatic carbocycles. The number of ether oxygens (including phenoxy) is 2. The Balaban J connectivity index is 1.26. The average Bonchev–Trinajstić information content (AvgIpc) is 3.35. The predicted molar refractivity (Wildman–Crippen MR) is 96.2 cm³/mol. The quantitative estimate of drug-likeness (QED) is 0.786. The van der Waals surface area contributed by atoms with Crippen molar-refractivity contribution in [1.29, 1.82) is 0 Å². The summed E-state index contributed by atoms with van der Waals surface area (Å²) in [5, 5.41) is 10.9. The van der Waals surface area contributed by atoms with Crippen LogP contribution < -0.4 is 5.32 Å². The highest BCUT2D eigenvalue weighted by molar-refractivity contribution is 5.62. The maximum absolute atomic E-state index is 5.77. The maximum Gasteiger partial charge on any atom is 0.182 e. The predicted octanol–water partition coefficient (Wildman–Crippen LogP) is 1.92. The van der Waals surface area contributed by atoms with Crippen LogP contribution in [-0.2, 0) is 16.0 Å². The number of nitrogens with one attached hydrogen (secondary N) is 2. The Bertz CT molecular complexity index is 692. The minimum Gasteiger partial charge on any atom is -0.346 e. The molecule has 4 rings (SSSR count). The molecule has 2 N–H and O–H groups in total. The number of H-pyrrole nitrogens is 1. The summed E-state index contributed by atoms with van der Waals surface area (Å²) < 4.78 is 11.5. The van der Waals surface area contributed by atoms with E-state index in [0.717, 1.165) is 58.1 Å². The Morgan fingerprint density at radius 2 is 2.04 bits per heavy atom. The van der Waals surface area contributed by atoms with Gasteiger partial charge in [-0.05, 0) is 12.5 Å². The molecule has 1 spiro atoms. The molecule has 134 valence electrons. The molecule has 2 saturated heterocycles. The molecular weight excluding hydrogens is 316 g/mol. The zero-order valence-electron chi connectivity index (χ0n) is 14.8. The molecule has 1 aromatic heterocycles. The highest BCUT2D eigenvalue weighted by Gasteiger charge is 2.42. The van der Waals surface area contributed by atoms with Crippen molar-refractivity contribution in [3.05, 3.63) is 41.6 Å². The van der Waals surface area contributed by atoms with Crippen molar-refractivity contribution in [3.8, 4) is 11.3 Å². The van der Waals surface area contributed by atoms with E-state index in [9.17, 15) is 0 Å². The Morgan fingerprint density at radius 1 is 1.24 bits per heavy atom. The molecule has 0 radical (unpaired) electrons. The first-order valence-corrected chi connectivity index (χ1v) is 9.04. The topological polar surface area (TPSA) is 62.4 Å². The molecule has 2 aliphatic heterocycles. The fourth-order valence-corrected chi connectivity index (χ4v) is 3.63. The number of rotatable bonds is 6. The molecule has 6 nitrogen and oxygen atoms in total. The van der Waals surface area contributed by atoms with Crippen LogP contribution >= 0.6 is 0 Å². The molecule has 25 heavy (non-hydrogen) atoms. The lowest BCUT2D eigenvalue weighted by atomic mass is 10.1. The lowest BCUT2D eigenvalue weighted by molar-refractivity contribution is -0.145. The molecule has 2 fully saturated rings. The van der Waals surface area contributed by atoms with Gasteiger partial charge in [0, 0.05) is 38.2 Å². The number of aryl methyl sites for hydroxylation is 1. The van der Waals surface area contributed by atoms with Crippen LogP contribution in [-0.4, -0.2) is 60.3 Å². The smallest absolute Gasteiger partial charge is 0.182 e. The van der Waals surface area contributed by atoms with Crippen molar-refractivity contribution in [3.63, 3.8) is 0 Å². The van der Waals surface area contributed by atoms with Gasteiger partial charge in [-0.2, -0.15) is 5.10 Å². The molecule has 0 saturated carbocycles. The lowest BCUT2D eigenvalue weighted by Gasteiger charge is -2.22. The Hall–Kier alpha value is -1.73. The van der Waals surface area contributed by atoms with Gasteiger partial charge in [-0.3, -0.25) is 10.00 Å². The van der Waals surface area contributed by atoms with Crippen LogP contribution in [0.2, 0.25) is 0 Å². The van der Waals surface area contributed by atoms with Gasteiger partial charge >= 0.3 is 0 Å². The first-order chi connectivity index (χ1) is 12.2. The van der Waals surface area contributed by atoms with Crippen LogP contribution in [0.25, 0.3) is 11.3 Å². The fraction of sp³-hybridized carbons (Fsp3) is 0.526. The highest BCUT2D eigenvalue weighted by atomic mass is 16.7. The third-order valence-electron chi connectivity index (χ3n) is 5.07. The summed E-state index contributed by atoms with van der Waals surface area (Å²) in [6.45, 7) is 8.25. The van der Waals surface area contributed by atoms with Crippen LogP contribution in [0.4, 0.5) is 0 Å². The first-order valence-electron chi connectivity index (χ1n) is 9.04. The summed E-state index contributed by atoms with van der Waals surface area (Å²) in [6.07, 6.45) is 2.89. The molecule has 0 amide bonds. The number of aromatic amines is 1. The van der Waals surface area contributed by atoms with Gasteiger partial charge in [-0.25, -0.2) is 0 Å². The van der Waals surface area contributed by atoms with Gasteiger partial charge in [0.1, 0.15) is 0 Å². The number of hydrogen-bond acceptors (Lipinski definition) is 5. The van der Waals surface area contributed by atoms with E-state index < -0.39 is 0 Å². The zero-order chi connectivity index (χ0) is 17.1. The molecule has 0 bridgehead atoms. The molecule has 0 unspecified atom stereocenters. The van der Waals surface area contributed by atoms with Crippen molar-refractivity contribution in [1.82, 2.24) is 20.4 Å². The largest absolute Gasteiger partial charge is 0.346 e. The maximum atomic E-state index is 5.77. The van der Waals surface area contributed by atoms with Crippen LogP contribution in [0.3, 0.4) is 0 Å². The van der Waals surface area contributed by atoms with Crippen molar-refractivity contribution in [2.24, 2.45) is 0 Å². The van der Waals surface area contributed by atoms with Crippen LogP contribution in [0.5, 0.6) is 0 Å². The van der Waals surface area contributed by atoms with Crippen molar-refractivity contribution in [2.75, 3.05) is 39.4 Å². The Morgan fingerprint density at radius 3 is 2.84 bits per heavy atom. The molecule has 1 aromatic carbocycles. The van der Waals surface area contributed by atoms with Gasteiger partial charge in [0.05, 0.1) is 31.6 Å². The van der Waals surface area contributed by atoms with E-state index in [2.05, 4.69) is 51.6 Å². The van der Waals surface area contributed by atoms with E-state index in [1.807, 2.05) is 6.20 Å². The van der Waals surface area contributed by atoms with E-state index in [4.69, 9.17) is 9.47 Å². The molecule has 2 aliphatic rings. The number of benzene rings is 1. The molecule has 3 heterocycles. The molecular formula is C19H26N4O2.